The van der Waals surface area contributed by atoms with Gasteiger partial charge in [-0.25, -0.2) is 12.7 Å². The molecule has 1 amide bonds. The van der Waals surface area contributed by atoms with Gasteiger partial charge in [-0.1, -0.05) is 18.2 Å². The second kappa shape index (κ2) is 6.94. The van der Waals surface area contributed by atoms with E-state index in [4.69, 9.17) is 0 Å². The first-order valence-corrected chi connectivity index (χ1v) is 10.0. The van der Waals surface area contributed by atoms with Gasteiger partial charge in [0.25, 0.3) is 5.91 Å². The van der Waals surface area contributed by atoms with Crippen molar-refractivity contribution in [3.05, 3.63) is 41.6 Å². The molecule has 8 heteroatoms. The van der Waals surface area contributed by atoms with Gasteiger partial charge in [0.2, 0.25) is 10.0 Å². The highest BCUT2D eigenvalue weighted by Crippen LogP contribution is 2.25. The first-order chi connectivity index (χ1) is 12.2. The maximum atomic E-state index is 13.0. The molecule has 0 saturated carbocycles. The number of carbonyl (C=O) groups excluding carboxylic acids is 1. The number of β-amino-alcohol motifs (C(OH)–C–C–N with tert-alkyl or cyclic N) is 1. The standard InChI is InChI=1S/C18H23N3O4S/c1-12-8-15(14-6-4-5-7-16(14)19-12)18(23)21-9-13(17(22)10-21)11-26(24,25)20(2)3/h4-8,13,17,22H,9-11H2,1-3H3/t13-,17+/m0/s1. The largest absolute Gasteiger partial charge is 0.391 e. The Morgan fingerprint density at radius 3 is 2.69 bits per heavy atom. The third-order valence-electron chi connectivity index (χ3n) is 4.75. The van der Waals surface area contributed by atoms with Crippen LogP contribution in [0.1, 0.15) is 16.1 Å². The fourth-order valence-electron chi connectivity index (χ4n) is 3.26. The molecule has 1 aliphatic rings. The van der Waals surface area contributed by atoms with Crippen molar-refractivity contribution in [2.24, 2.45) is 5.92 Å². The molecule has 3 rings (SSSR count). The molecule has 1 fully saturated rings. The molecule has 1 aliphatic heterocycles. The van der Waals surface area contributed by atoms with Crippen molar-refractivity contribution in [2.75, 3.05) is 32.9 Å². The molecule has 1 saturated heterocycles. The van der Waals surface area contributed by atoms with Gasteiger partial charge in [-0.05, 0) is 19.1 Å². The van der Waals surface area contributed by atoms with E-state index in [1.54, 1.807) is 6.07 Å². The Morgan fingerprint density at radius 2 is 2.00 bits per heavy atom. The summed E-state index contributed by atoms with van der Waals surface area (Å²) in [6.07, 6.45) is -0.858. The fourth-order valence-corrected chi connectivity index (χ4v) is 4.43. The van der Waals surface area contributed by atoms with Crippen molar-refractivity contribution < 1.29 is 18.3 Å². The summed E-state index contributed by atoms with van der Waals surface area (Å²) in [6.45, 7) is 2.17. The second-order valence-electron chi connectivity index (χ2n) is 6.93. The summed E-state index contributed by atoms with van der Waals surface area (Å²) >= 11 is 0. The predicted octanol–water partition coefficient (Wildman–Crippen LogP) is 0.868. The fraction of sp³-hybridized carbons (Fsp3) is 0.444. The molecule has 2 aromatic rings. The molecule has 0 radical (unpaired) electrons. The number of hydrogen-bond donors (Lipinski definition) is 1. The average molecular weight is 377 g/mol. The second-order valence-corrected chi connectivity index (χ2v) is 9.15. The van der Waals surface area contributed by atoms with Crippen molar-refractivity contribution in [1.82, 2.24) is 14.2 Å². The van der Waals surface area contributed by atoms with Crippen LogP contribution in [-0.2, 0) is 10.0 Å². The molecule has 26 heavy (non-hydrogen) atoms. The minimum absolute atomic E-state index is 0.127. The number of hydrogen-bond acceptors (Lipinski definition) is 5. The first kappa shape index (κ1) is 18.8. The molecule has 0 spiro atoms. The first-order valence-electron chi connectivity index (χ1n) is 8.43. The third-order valence-corrected chi connectivity index (χ3v) is 6.71. The van der Waals surface area contributed by atoms with Gasteiger partial charge in [-0.3, -0.25) is 9.78 Å². The van der Waals surface area contributed by atoms with Gasteiger partial charge in [0.15, 0.2) is 0 Å². The number of benzene rings is 1. The van der Waals surface area contributed by atoms with E-state index in [2.05, 4.69) is 4.98 Å². The van der Waals surface area contributed by atoms with Crippen LogP contribution in [0.2, 0.25) is 0 Å². The van der Waals surface area contributed by atoms with E-state index in [0.29, 0.717) is 5.56 Å². The van der Waals surface area contributed by atoms with Crippen molar-refractivity contribution in [2.45, 2.75) is 13.0 Å². The van der Waals surface area contributed by atoms with Crippen LogP contribution in [0.15, 0.2) is 30.3 Å². The zero-order valence-corrected chi connectivity index (χ0v) is 15.9. The number of sulfonamides is 1. The van der Waals surface area contributed by atoms with Gasteiger partial charge in [0, 0.05) is 44.2 Å². The number of nitrogens with zero attached hydrogens (tertiary/aromatic N) is 3. The van der Waals surface area contributed by atoms with Crippen molar-refractivity contribution in [3.63, 3.8) is 0 Å². The van der Waals surface area contributed by atoms with Crippen LogP contribution >= 0.6 is 0 Å². The molecule has 2 heterocycles. The number of amides is 1. The zero-order valence-electron chi connectivity index (χ0n) is 15.1. The van der Waals surface area contributed by atoms with E-state index < -0.39 is 22.0 Å². The maximum Gasteiger partial charge on any atom is 0.254 e. The van der Waals surface area contributed by atoms with E-state index >= 15 is 0 Å². The lowest BCUT2D eigenvalue weighted by atomic mass is 10.1. The Kier molecular flexibility index (Phi) is 5.01. The van der Waals surface area contributed by atoms with Gasteiger partial charge >= 0.3 is 0 Å². The summed E-state index contributed by atoms with van der Waals surface area (Å²) in [6, 6.07) is 9.15. The van der Waals surface area contributed by atoms with E-state index in [1.807, 2.05) is 31.2 Å². The Bertz CT molecular complexity index is 943. The number of likely N-dealkylation sites (tertiary alicyclic amines) is 1. The lowest BCUT2D eigenvalue weighted by molar-refractivity contribution is 0.0766. The lowest BCUT2D eigenvalue weighted by Crippen LogP contribution is -2.33. The molecular formula is C18H23N3O4S. The molecule has 0 aliphatic carbocycles. The minimum atomic E-state index is -3.44. The normalized spacial score (nSPS) is 20.9. The molecular weight excluding hydrogens is 354 g/mol. The van der Waals surface area contributed by atoms with Crippen LogP contribution in [-0.4, -0.2) is 72.7 Å². The summed E-state index contributed by atoms with van der Waals surface area (Å²) in [5.41, 5.74) is 2.00. The van der Waals surface area contributed by atoms with Gasteiger partial charge < -0.3 is 10.0 Å². The minimum Gasteiger partial charge on any atom is -0.391 e. The molecule has 0 unspecified atom stereocenters. The van der Waals surface area contributed by atoms with E-state index in [1.165, 1.54) is 19.0 Å². The summed E-state index contributed by atoms with van der Waals surface area (Å²) in [5, 5.41) is 11.0. The summed E-state index contributed by atoms with van der Waals surface area (Å²) < 4.78 is 25.3. The third kappa shape index (κ3) is 3.58. The predicted molar refractivity (Wildman–Crippen MR) is 99.4 cm³/mol. The van der Waals surface area contributed by atoms with Gasteiger partial charge in [-0.15, -0.1) is 0 Å². The molecule has 1 N–H and O–H groups in total. The number of para-hydroxylation sites is 1. The van der Waals surface area contributed by atoms with Crippen molar-refractivity contribution in [1.29, 1.82) is 0 Å². The van der Waals surface area contributed by atoms with Crippen LogP contribution in [0, 0.1) is 12.8 Å². The highest BCUT2D eigenvalue weighted by Gasteiger charge is 2.38. The van der Waals surface area contributed by atoms with Gasteiger partial charge in [-0.2, -0.15) is 0 Å². The monoisotopic (exact) mass is 377 g/mol. The summed E-state index contributed by atoms with van der Waals surface area (Å²) in [4.78, 5) is 19.0. The molecule has 7 nitrogen and oxygen atoms in total. The zero-order chi connectivity index (χ0) is 19.1. The summed E-state index contributed by atoms with van der Waals surface area (Å²) in [5.74, 6) is -0.891. The Balaban J connectivity index is 1.86. The average Bonchev–Trinajstić information content (AvgIpc) is 2.93. The number of carbonyl (C=O) groups is 1. The molecule has 2 atom stereocenters. The maximum absolute atomic E-state index is 13.0. The number of rotatable bonds is 4. The number of pyridine rings is 1. The number of aromatic nitrogens is 1. The van der Waals surface area contributed by atoms with E-state index in [0.717, 1.165) is 20.9 Å². The van der Waals surface area contributed by atoms with Gasteiger partial charge in [0.05, 0.1) is 22.9 Å². The van der Waals surface area contributed by atoms with E-state index in [9.17, 15) is 18.3 Å². The Hall–Kier alpha value is -2.03. The van der Waals surface area contributed by atoms with Crippen LogP contribution in [0.3, 0.4) is 0 Å². The van der Waals surface area contributed by atoms with Crippen LogP contribution in [0.5, 0.6) is 0 Å². The molecule has 140 valence electrons. The topological polar surface area (TPSA) is 90.8 Å². The molecule has 1 aromatic heterocycles. The van der Waals surface area contributed by atoms with Crippen LogP contribution in [0.25, 0.3) is 10.9 Å². The van der Waals surface area contributed by atoms with Crippen molar-refractivity contribution >= 4 is 26.8 Å². The SMILES string of the molecule is Cc1cc(C(=O)N2C[C@@H](CS(=O)(=O)N(C)C)[C@H](O)C2)c2ccccc2n1. The lowest BCUT2D eigenvalue weighted by Gasteiger charge is -2.19. The highest BCUT2D eigenvalue weighted by molar-refractivity contribution is 7.89. The molecule has 0 bridgehead atoms. The number of aliphatic hydroxyl groups is 1. The molecule has 1 aromatic carbocycles. The Morgan fingerprint density at radius 1 is 1.31 bits per heavy atom. The van der Waals surface area contributed by atoms with E-state index in [-0.39, 0.29) is 24.7 Å². The van der Waals surface area contributed by atoms with Crippen LogP contribution in [0.4, 0.5) is 0 Å². The van der Waals surface area contributed by atoms with Gasteiger partial charge in [0.1, 0.15) is 0 Å². The van der Waals surface area contributed by atoms with Crippen molar-refractivity contribution in [3.8, 4) is 0 Å². The highest BCUT2D eigenvalue weighted by atomic mass is 32.2. The Labute approximate surface area is 153 Å². The van der Waals surface area contributed by atoms with Crippen LogP contribution < -0.4 is 0 Å². The summed E-state index contributed by atoms with van der Waals surface area (Å²) in [7, 11) is -0.517. The number of aliphatic hydroxyl groups excluding tert-OH is 1. The number of aryl methyl sites for hydroxylation is 1. The smallest absolute Gasteiger partial charge is 0.254 e. The quantitative estimate of drug-likeness (QED) is 0.854. The number of fused-ring (bicyclic) bond motifs is 1.